The van der Waals surface area contributed by atoms with Gasteiger partial charge < -0.3 is 4.42 Å². The highest BCUT2D eigenvalue weighted by Crippen LogP contribution is 2.24. The summed E-state index contributed by atoms with van der Waals surface area (Å²) < 4.78 is 6.32. The normalized spacial score (nSPS) is 10.8. The average molecular weight is 336 g/mol. The number of ketones is 1. The number of para-hydroxylation sites is 1. The van der Waals surface area contributed by atoms with E-state index in [1.54, 1.807) is 24.3 Å². The van der Waals surface area contributed by atoms with Crippen LogP contribution >= 0.6 is 27.5 Å². The highest BCUT2D eigenvalue weighted by Gasteiger charge is 2.15. The third kappa shape index (κ3) is 2.44. The number of halogens is 2. The van der Waals surface area contributed by atoms with Crippen molar-refractivity contribution in [3.63, 3.8) is 0 Å². The van der Waals surface area contributed by atoms with E-state index in [0.717, 1.165) is 9.86 Å². The van der Waals surface area contributed by atoms with Gasteiger partial charge in [0.05, 0.1) is 0 Å². The Balaban J connectivity index is 2.07. The van der Waals surface area contributed by atoms with Crippen LogP contribution in [-0.4, -0.2) is 5.78 Å². The molecule has 0 amide bonds. The van der Waals surface area contributed by atoms with Gasteiger partial charge in [-0.25, -0.2) is 0 Å². The molecule has 0 aliphatic rings. The Morgan fingerprint density at radius 2 is 1.89 bits per heavy atom. The minimum Gasteiger partial charge on any atom is -0.453 e. The second-order valence-electron chi connectivity index (χ2n) is 4.14. The van der Waals surface area contributed by atoms with E-state index in [9.17, 15) is 4.79 Å². The van der Waals surface area contributed by atoms with E-state index < -0.39 is 0 Å². The standard InChI is InChI=1S/C15H8BrClO2/c16-11-5-10(6-12(17)8-11)15(18)14-7-9-3-1-2-4-13(9)19-14/h1-8H. The van der Waals surface area contributed by atoms with Gasteiger partial charge in [-0.2, -0.15) is 0 Å². The molecule has 3 aromatic rings. The lowest BCUT2D eigenvalue weighted by Crippen LogP contribution is -1.99. The third-order valence-electron chi connectivity index (χ3n) is 2.77. The lowest BCUT2D eigenvalue weighted by atomic mass is 10.1. The summed E-state index contributed by atoms with van der Waals surface area (Å²) >= 11 is 9.27. The fraction of sp³-hybridized carbons (Fsp3) is 0. The van der Waals surface area contributed by atoms with Crippen molar-refractivity contribution >= 4 is 44.3 Å². The molecular formula is C15H8BrClO2. The maximum atomic E-state index is 12.3. The van der Waals surface area contributed by atoms with Gasteiger partial charge in [0, 0.05) is 20.4 Å². The first-order valence-electron chi connectivity index (χ1n) is 5.63. The first-order valence-corrected chi connectivity index (χ1v) is 6.80. The Bertz CT molecular complexity index is 723. The zero-order chi connectivity index (χ0) is 13.4. The maximum absolute atomic E-state index is 12.3. The first-order chi connectivity index (χ1) is 9.13. The van der Waals surface area contributed by atoms with Gasteiger partial charge in [-0.15, -0.1) is 0 Å². The SMILES string of the molecule is O=C(c1cc(Cl)cc(Br)c1)c1cc2ccccc2o1. The molecule has 0 aliphatic heterocycles. The summed E-state index contributed by atoms with van der Waals surface area (Å²) in [6.07, 6.45) is 0. The molecule has 0 aliphatic carbocycles. The van der Waals surface area contributed by atoms with Crippen LogP contribution in [0.4, 0.5) is 0 Å². The second kappa shape index (κ2) is 4.83. The topological polar surface area (TPSA) is 30.2 Å². The van der Waals surface area contributed by atoms with Crippen molar-refractivity contribution in [1.29, 1.82) is 0 Å². The second-order valence-corrected chi connectivity index (χ2v) is 5.49. The van der Waals surface area contributed by atoms with Crippen molar-refractivity contribution in [3.8, 4) is 0 Å². The predicted octanol–water partition coefficient (Wildman–Crippen LogP) is 5.08. The number of hydrogen-bond donors (Lipinski definition) is 0. The lowest BCUT2D eigenvalue weighted by Gasteiger charge is -2.00. The largest absolute Gasteiger partial charge is 0.453 e. The van der Waals surface area contributed by atoms with Gasteiger partial charge in [-0.3, -0.25) is 4.79 Å². The van der Waals surface area contributed by atoms with Crippen molar-refractivity contribution < 1.29 is 9.21 Å². The molecule has 3 rings (SSSR count). The van der Waals surface area contributed by atoms with Gasteiger partial charge >= 0.3 is 0 Å². The fourth-order valence-electron chi connectivity index (χ4n) is 1.92. The molecule has 0 radical (unpaired) electrons. The lowest BCUT2D eigenvalue weighted by molar-refractivity contribution is 0.101. The summed E-state index contributed by atoms with van der Waals surface area (Å²) in [6, 6.07) is 14.3. The molecule has 0 saturated heterocycles. The number of fused-ring (bicyclic) bond motifs is 1. The van der Waals surface area contributed by atoms with Gasteiger partial charge in [-0.1, -0.05) is 45.7 Å². The molecular weight excluding hydrogens is 328 g/mol. The van der Waals surface area contributed by atoms with E-state index in [-0.39, 0.29) is 5.78 Å². The van der Waals surface area contributed by atoms with Crippen molar-refractivity contribution in [3.05, 3.63) is 69.3 Å². The quantitative estimate of drug-likeness (QED) is 0.611. The molecule has 2 nitrogen and oxygen atoms in total. The third-order valence-corrected chi connectivity index (χ3v) is 3.45. The van der Waals surface area contributed by atoms with Crippen LogP contribution in [-0.2, 0) is 0 Å². The average Bonchev–Trinajstić information content (AvgIpc) is 2.80. The molecule has 1 heterocycles. The minimum absolute atomic E-state index is 0.181. The Morgan fingerprint density at radius 3 is 2.63 bits per heavy atom. The van der Waals surface area contributed by atoms with Crippen LogP contribution in [0, 0.1) is 0 Å². The molecule has 19 heavy (non-hydrogen) atoms. The Kier molecular flexibility index (Phi) is 3.17. The van der Waals surface area contributed by atoms with Crippen LogP contribution in [0.25, 0.3) is 11.0 Å². The van der Waals surface area contributed by atoms with E-state index in [0.29, 0.717) is 21.9 Å². The van der Waals surface area contributed by atoms with E-state index in [2.05, 4.69) is 15.9 Å². The summed E-state index contributed by atoms with van der Waals surface area (Å²) in [4.78, 5) is 12.3. The van der Waals surface area contributed by atoms with Gasteiger partial charge in [0.15, 0.2) is 5.76 Å². The van der Waals surface area contributed by atoms with E-state index in [1.807, 2.05) is 24.3 Å². The van der Waals surface area contributed by atoms with E-state index in [4.69, 9.17) is 16.0 Å². The molecule has 0 N–H and O–H groups in total. The number of hydrogen-bond acceptors (Lipinski definition) is 2. The molecule has 2 aromatic carbocycles. The first kappa shape index (κ1) is 12.5. The number of carbonyl (C=O) groups excluding carboxylic acids is 1. The van der Waals surface area contributed by atoms with Crippen molar-refractivity contribution in [2.75, 3.05) is 0 Å². The van der Waals surface area contributed by atoms with Gasteiger partial charge in [0.1, 0.15) is 5.58 Å². The monoisotopic (exact) mass is 334 g/mol. The van der Waals surface area contributed by atoms with Crippen molar-refractivity contribution in [1.82, 2.24) is 0 Å². The summed E-state index contributed by atoms with van der Waals surface area (Å²) in [7, 11) is 0. The van der Waals surface area contributed by atoms with Crippen LogP contribution in [0.3, 0.4) is 0 Å². The summed E-state index contributed by atoms with van der Waals surface area (Å²) in [5.41, 5.74) is 1.20. The highest BCUT2D eigenvalue weighted by atomic mass is 79.9. The zero-order valence-electron chi connectivity index (χ0n) is 9.69. The number of carbonyl (C=O) groups is 1. The predicted molar refractivity (Wildman–Crippen MR) is 78.8 cm³/mol. The van der Waals surface area contributed by atoms with Crippen LogP contribution in [0.15, 0.2) is 57.4 Å². The van der Waals surface area contributed by atoms with Crippen molar-refractivity contribution in [2.24, 2.45) is 0 Å². The molecule has 4 heteroatoms. The molecule has 0 fully saturated rings. The molecule has 1 aromatic heterocycles. The molecule has 0 spiro atoms. The highest BCUT2D eigenvalue weighted by molar-refractivity contribution is 9.10. The smallest absolute Gasteiger partial charge is 0.228 e. The fourth-order valence-corrected chi connectivity index (χ4v) is 2.78. The van der Waals surface area contributed by atoms with Crippen LogP contribution in [0.5, 0.6) is 0 Å². The Morgan fingerprint density at radius 1 is 1.11 bits per heavy atom. The van der Waals surface area contributed by atoms with Crippen LogP contribution in [0.1, 0.15) is 16.1 Å². The maximum Gasteiger partial charge on any atom is 0.228 e. The molecule has 94 valence electrons. The number of furan rings is 1. The molecule has 0 unspecified atom stereocenters. The number of rotatable bonds is 2. The summed E-state index contributed by atoms with van der Waals surface area (Å²) in [5, 5.41) is 1.42. The van der Waals surface area contributed by atoms with Gasteiger partial charge in [0.25, 0.3) is 0 Å². The summed E-state index contributed by atoms with van der Waals surface area (Å²) in [5.74, 6) is 0.134. The van der Waals surface area contributed by atoms with E-state index >= 15 is 0 Å². The molecule has 0 saturated carbocycles. The zero-order valence-corrected chi connectivity index (χ0v) is 12.0. The Hall–Kier alpha value is -1.58. The molecule has 0 bridgehead atoms. The minimum atomic E-state index is -0.181. The van der Waals surface area contributed by atoms with Gasteiger partial charge in [0.2, 0.25) is 5.78 Å². The van der Waals surface area contributed by atoms with Gasteiger partial charge in [-0.05, 0) is 30.3 Å². The van der Waals surface area contributed by atoms with Crippen molar-refractivity contribution in [2.45, 2.75) is 0 Å². The van der Waals surface area contributed by atoms with Crippen LogP contribution in [0.2, 0.25) is 5.02 Å². The summed E-state index contributed by atoms with van der Waals surface area (Å²) in [6.45, 7) is 0. The number of benzene rings is 2. The van der Waals surface area contributed by atoms with E-state index in [1.165, 1.54) is 0 Å². The Labute approximate surface area is 123 Å². The van der Waals surface area contributed by atoms with Crippen LogP contribution < -0.4 is 0 Å². The molecule has 0 atom stereocenters.